The Hall–Kier alpha value is -2.75. The maximum absolute atomic E-state index is 12.4. The van der Waals surface area contributed by atoms with Gasteiger partial charge in [-0.2, -0.15) is 0 Å². The topological polar surface area (TPSA) is 33.2 Å². The van der Waals surface area contributed by atoms with Crippen molar-refractivity contribution in [1.29, 1.82) is 0 Å². The Balaban J connectivity index is 2.31. The minimum absolute atomic E-state index is 0.296. The predicted molar refractivity (Wildman–Crippen MR) is 100 cm³/mol. The second-order valence-electron chi connectivity index (χ2n) is 6.03. The summed E-state index contributed by atoms with van der Waals surface area (Å²) in [5.41, 5.74) is 3.68. The van der Waals surface area contributed by atoms with Crippen LogP contribution in [0.15, 0.2) is 65.7 Å². The maximum atomic E-state index is 12.4. The van der Waals surface area contributed by atoms with E-state index in [-0.39, 0.29) is 5.97 Å². The summed E-state index contributed by atoms with van der Waals surface area (Å²) < 4.78 is 9.22. The number of ether oxygens (including phenoxy) is 1. The van der Waals surface area contributed by atoms with Crippen molar-refractivity contribution in [2.45, 2.75) is 20.3 Å². The molecule has 2 rings (SSSR count). The van der Waals surface area contributed by atoms with E-state index in [0.29, 0.717) is 12.2 Å². The van der Waals surface area contributed by atoms with Gasteiger partial charge in [0.05, 0.1) is 18.6 Å². The van der Waals surface area contributed by atoms with Crippen molar-refractivity contribution in [1.82, 2.24) is 0 Å². The lowest BCUT2D eigenvalue weighted by Gasteiger charge is -2.07. The molecule has 4 heteroatoms. The molecule has 2 heterocycles. The molecule has 0 spiro atoms. The van der Waals surface area contributed by atoms with Crippen LogP contribution in [0.2, 0.25) is 0 Å². The van der Waals surface area contributed by atoms with Crippen LogP contribution in [0.5, 0.6) is 0 Å². The van der Waals surface area contributed by atoms with Crippen LogP contribution < -0.4 is 4.57 Å². The van der Waals surface area contributed by atoms with Gasteiger partial charge in [-0.15, -0.1) is 0 Å². The molecule has 1 aromatic rings. The fraction of sp³-hybridized carbons (Fsp3) is 0.286. The van der Waals surface area contributed by atoms with Gasteiger partial charge in [-0.05, 0) is 36.6 Å². The quantitative estimate of drug-likeness (QED) is 0.358. The highest BCUT2D eigenvalue weighted by Crippen LogP contribution is 2.16. The van der Waals surface area contributed by atoms with Crippen LogP contribution in [0.3, 0.4) is 0 Å². The number of pyridine rings is 1. The van der Waals surface area contributed by atoms with Gasteiger partial charge in [0.1, 0.15) is 20.3 Å². The molecule has 0 aliphatic carbocycles. The Kier molecular flexibility index (Phi) is 6.63. The Bertz CT molecular complexity index is 779. The van der Waals surface area contributed by atoms with Gasteiger partial charge in [-0.3, -0.25) is 0 Å². The van der Waals surface area contributed by atoms with E-state index in [9.17, 15) is 4.79 Å². The normalized spacial score (nSPS) is 16.8. The molecule has 1 aliphatic heterocycles. The van der Waals surface area contributed by atoms with E-state index in [1.807, 2.05) is 86.0 Å². The van der Waals surface area contributed by atoms with Crippen molar-refractivity contribution in [3.05, 3.63) is 71.2 Å². The first-order chi connectivity index (χ1) is 12.0. The predicted octanol–water partition coefficient (Wildman–Crippen LogP) is 2.96. The van der Waals surface area contributed by atoms with Crippen molar-refractivity contribution in [2.75, 3.05) is 13.7 Å². The van der Waals surface area contributed by atoms with Gasteiger partial charge < -0.3 is 4.74 Å². The lowest BCUT2D eigenvalue weighted by atomic mass is 10.0. The molecule has 1 aliphatic rings. The largest absolute Gasteiger partial charge is 0.462 e. The van der Waals surface area contributed by atoms with Crippen molar-refractivity contribution < 1.29 is 18.7 Å². The van der Waals surface area contributed by atoms with Crippen molar-refractivity contribution >= 4 is 18.3 Å². The zero-order chi connectivity index (χ0) is 18.2. The zero-order valence-electron chi connectivity index (χ0n) is 15.4. The number of hydrogen-bond acceptors (Lipinski definition) is 2. The van der Waals surface area contributed by atoms with E-state index >= 15 is 0 Å². The summed E-state index contributed by atoms with van der Waals surface area (Å²) in [5, 5.41) is 0. The lowest BCUT2D eigenvalue weighted by Crippen LogP contribution is -2.25. The highest BCUT2D eigenvalue weighted by molar-refractivity contribution is 5.94. The SMILES string of the molecule is CCOC(=O)C(/C=C/c1cc[n+](C)cc1)=C(C)\C=C1/C=C[N+](C)=CC1. The number of carbonyl (C=O) groups excluding carboxylic acids is 1. The van der Waals surface area contributed by atoms with Crippen LogP contribution in [0.25, 0.3) is 6.08 Å². The van der Waals surface area contributed by atoms with Crippen LogP contribution in [0, 0.1) is 0 Å². The smallest absolute Gasteiger partial charge is 0.338 e. The molecule has 0 fully saturated rings. The van der Waals surface area contributed by atoms with E-state index in [1.54, 1.807) is 0 Å². The molecule has 0 aromatic carbocycles. The first-order valence-electron chi connectivity index (χ1n) is 8.45. The molecule has 4 nitrogen and oxygen atoms in total. The molecule has 0 amide bonds. The van der Waals surface area contributed by atoms with E-state index in [0.717, 1.165) is 23.1 Å². The third-order valence-electron chi connectivity index (χ3n) is 3.91. The van der Waals surface area contributed by atoms with Gasteiger partial charge >= 0.3 is 5.97 Å². The van der Waals surface area contributed by atoms with Gasteiger partial charge in [0.25, 0.3) is 0 Å². The Morgan fingerprint density at radius 3 is 2.60 bits per heavy atom. The average molecular weight is 338 g/mol. The molecule has 0 bridgehead atoms. The molecule has 0 saturated heterocycles. The van der Waals surface area contributed by atoms with Crippen LogP contribution in [0.4, 0.5) is 0 Å². The highest BCUT2D eigenvalue weighted by atomic mass is 16.5. The van der Waals surface area contributed by atoms with E-state index in [4.69, 9.17) is 4.74 Å². The van der Waals surface area contributed by atoms with E-state index < -0.39 is 0 Å². The number of nitrogens with zero attached hydrogens (tertiary/aromatic N) is 2. The Morgan fingerprint density at radius 1 is 1.28 bits per heavy atom. The monoisotopic (exact) mass is 338 g/mol. The molecule has 0 radical (unpaired) electrons. The molecule has 0 N–H and O–H groups in total. The number of allylic oxidation sites excluding steroid dienone is 4. The number of rotatable bonds is 5. The Morgan fingerprint density at radius 2 is 2.00 bits per heavy atom. The summed E-state index contributed by atoms with van der Waals surface area (Å²) in [6, 6.07) is 4.00. The van der Waals surface area contributed by atoms with Crippen LogP contribution >= 0.6 is 0 Å². The number of esters is 1. The van der Waals surface area contributed by atoms with Gasteiger partial charge in [-0.1, -0.05) is 12.2 Å². The average Bonchev–Trinajstić information content (AvgIpc) is 2.59. The second-order valence-corrected chi connectivity index (χ2v) is 6.03. The summed E-state index contributed by atoms with van der Waals surface area (Å²) in [5.74, 6) is -0.296. The van der Waals surface area contributed by atoms with Crippen LogP contribution in [-0.4, -0.2) is 30.4 Å². The van der Waals surface area contributed by atoms with Gasteiger partial charge in [0.2, 0.25) is 0 Å². The molecule has 1 aromatic heterocycles. The molecule has 130 valence electrons. The van der Waals surface area contributed by atoms with Crippen molar-refractivity contribution in [3.8, 4) is 0 Å². The molecule has 0 unspecified atom stereocenters. The first kappa shape index (κ1) is 18.6. The summed E-state index contributed by atoms with van der Waals surface area (Å²) >= 11 is 0. The Labute approximate surface area is 149 Å². The number of aryl methyl sites for hydroxylation is 1. The van der Waals surface area contributed by atoms with Gasteiger partial charge in [0.15, 0.2) is 18.6 Å². The van der Waals surface area contributed by atoms with E-state index in [1.165, 1.54) is 0 Å². The molecule has 0 atom stereocenters. The van der Waals surface area contributed by atoms with Crippen LogP contribution in [0.1, 0.15) is 25.8 Å². The first-order valence-corrected chi connectivity index (χ1v) is 8.45. The third kappa shape index (κ3) is 5.68. The standard InChI is InChI=1S/C21H26N2O2/c1-5-25-21(24)20(7-6-18-8-12-22(3)13-9-18)17(2)16-19-10-14-23(4)15-11-19/h6-10,12-16H,5,11H2,1-4H3/q+2/b7-6+,19-16+,20-17-. The molecular formula is C21H26N2O2+2. The molecule has 0 saturated carbocycles. The minimum atomic E-state index is -0.296. The van der Waals surface area contributed by atoms with Crippen molar-refractivity contribution in [2.24, 2.45) is 7.05 Å². The van der Waals surface area contributed by atoms with Gasteiger partial charge in [0, 0.05) is 18.2 Å². The minimum Gasteiger partial charge on any atom is -0.462 e. The fourth-order valence-corrected chi connectivity index (χ4v) is 2.43. The number of carbonyl (C=O) groups is 1. The highest BCUT2D eigenvalue weighted by Gasteiger charge is 2.12. The number of aromatic nitrogens is 1. The molecule has 25 heavy (non-hydrogen) atoms. The zero-order valence-corrected chi connectivity index (χ0v) is 15.4. The maximum Gasteiger partial charge on any atom is 0.338 e. The lowest BCUT2D eigenvalue weighted by molar-refractivity contribution is -0.671. The summed E-state index contributed by atoms with van der Waals surface area (Å²) in [6.45, 7) is 4.12. The van der Waals surface area contributed by atoms with Crippen molar-refractivity contribution in [3.63, 3.8) is 0 Å². The summed E-state index contributed by atoms with van der Waals surface area (Å²) in [4.78, 5) is 12.4. The fourth-order valence-electron chi connectivity index (χ4n) is 2.43. The summed E-state index contributed by atoms with van der Waals surface area (Å²) in [6.07, 6.45) is 16.8. The van der Waals surface area contributed by atoms with Crippen LogP contribution in [-0.2, 0) is 16.6 Å². The summed E-state index contributed by atoms with van der Waals surface area (Å²) in [7, 11) is 3.97. The molecular weight excluding hydrogens is 312 g/mol. The van der Waals surface area contributed by atoms with E-state index in [2.05, 4.69) is 12.3 Å². The third-order valence-corrected chi connectivity index (χ3v) is 3.91. The van der Waals surface area contributed by atoms with Gasteiger partial charge in [-0.25, -0.2) is 13.9 Å². The number of hydrogen-bond donors (Lipinski definition) is 0. The second kappa shape index (κ2) is 8.92.